The van der Waals surface area contributed by atoms with Gasteiger partial charge >= 0.3 is 0 Å². The fourth-order valence-corrected chi connectivity index (χ4v) is 3.76. The van der Waals surface area contributed by atoms with E-state index in [4.69, 9.17) is 0 Å². The molecule has 0 spiro atoms. The highest BCUT2D eigenvalue weighted by molar-refractivity contribution is 9.10. The van der Waals surface area contributed by atoms with Gasteiger partial charge in [-0.25, -0.2) is 4.98 Å². The number of nitrogens with zero attached hydrogens (tertiary/aromatic N) is 1. The number of hydrogen-bond donors (Lipinski definition) is 1. The maximum Gasteiger partial charge on any atom is 0.110 e. The zero-order valence-corrected chi connectivity index (χ0v) is 13.1. The van der Waals surface area contributed by atoms with Gasteiger partial charge in [-0.2, -0.15) is 12.6 Å². The summed E-state index contributed by atoms with van der Waals surface area (Å²) in [5.41, 5.74) is 1.34. The lowest BCUT2D eigenvalue weighted by molar-refractivity contribution is 0.895. The minimum absolute atomic E-state index is 0.452. The molecule has 1 unspecified atom stereocenters. The Morgan fingerprint density at radius 2 is 1.94 bits per heavy atom. The lowest BCUT2D eigenvalue weighted by Crippen LogP contribution is -2.04. The van der Waals surface area contributed by atoms with Gasteiger partial charge in [0.2, 0.25) is 0 Å². The summed E-state index contributed by atoms with van der Waals surface area (Å²) >= 11 is 9.74. The average Bonchev–Trinajstić information content (AvgIpc) is 2.42. The second kappa shape index (κ2) is 7.22. The van der Waals surface area contributed by atoms with Crippen molar-refractivity contribution in [1.82, 2.24) is 4.98 Å². The van der Waals surface area contributed by atoms with Crippen LogP contribution >= 0.6 is 40.3 Å². The molecule has 1 aromatic carbocycles. The molecule has 4 heteroatoms. The Kier molecular flexibility index (Phi) is 5.60. The van der Waals surface area contributed by atoms with Crippen LogP contribution in [-0.4, -0.2) is 16.5 Å². The third-order valence-corrected chi connectivity index (χ3v) is 5.15. The zero-order chi connectivity index (χ0) is 12.8. The van der Waals surface area contributed by atoms with E-state index in [2.05, 4.69) is 57.8 Å². The summed E-state index contributed by atoms with van der Waals surface area (Å²) in [5, 5.41) is 1.04. The average molecular weight is 340 g/mol. The molecule has 1 heterocycles. The van der Waals surface area contributed by atoms with Crippen LogP contribution in [0.4, 0.5) is 0 Å². The molecule has 0 fully saturated rings. The standard InChI is InChI=1S/C14H14BrNS2/c15-13-7-4-8-16-14(13)18-10-12(9-17)11-5-2-1-3-6-11/h1-8,12,17H,9-10H2. The van der Waals surface area contributed by atoms with Gasteiger partial charge in [0, 0.05) is 22.3 Å². The number of hydrogen-bond acceptors (Lipinski definition) is 3. The Bertz CT molecular complexity index is 490. The van der Waals surface area contributed by atoms with Gasteiger partial charge in [-0.15, -0.1) is 11.8 Å². The summed E-state index contributed by atoms with van der Waals surface area (Å²) in [5.74, 6) is 2.29. The highest BCUT2D eigenvalue weighted by atomic mass is 79.9. The minimum atomic E-state index is 0.452. The van der Waals surface area contributed by atoms with E-state index < -0.39 is 0 Å². The molecule has 0 saturated heterocycles. The van der Waals surface area contributed by atoms with Gasteiger partial charge in [-0.1, -0.05) is 30.3 Å². The number of aromatic nitrogens is 1. The third kappa shape index (κ3) is 3.77. The second-order valence-electron chi connectivity index (χ2n) is 3.89. The van der Waals surface area contributed by atoms with Gasteiger partial charge in [0.25, 0.3) is 0 Å². The fraction of sp³-hybridized carbons (Fsp3) is 0.214. The maximum atomic E-state index is 4.45. The quantitative estimate of drug-likeness (QED) is 0.628. The van der Waals surface area contributed by atoms with E-state index in [-0.39, 0.29) is 0 Å². The highest BCUT2D eigenvalue weighted by Gasteiger charge is 2.11. The van der Waals surface area contributed by atoms with E-state index in [0.717, 1.165) is 21.0 Å². The van der Waals surface area contributed by atoms with Crippen LogP contribution in [-0.2, 0) is 0 Å². The SMILES string of the molecule is SCC(CSc1ncccc1Br)c1ccccc1. The first-order valence-corrected chi connectivity index (χ1v) is 8.11. The van der Waals surface area contributed by atoms with Gasteiger partial charge in [0.05, 0.1) is 0 Å². The summed E-state index contributed by atoms with van der Waals surface area (Å²) < 4.78 is 1.06. The first kappa shape index (κ1) is 14.0. The molecular formula is C14H14BrNS2. The van der Waals surface area contributed by atoms with E-state index in [1.807, 2.05) is 24.4 Å². The molecule has 18 heavy (non-hydrogen) atoms. The van der Waals surface area contributed by atoms with E-state index in [1.165, 1.54) is 5.56 Å². The van der Waals surface area contributed by atoms with Gasteiger partial charge < -0.3 is 0 Å². The molecule has 1 aromatic heterocycles. The van der Waals surface area contributed by atoms with Crippen molar-refractivity contribution in [3.8, 4) is 0 Å². The molecule has 2 aromatic rings. The molecule has 2 rings (SSSR count). The lowest BCUT2D eigenvalue weighted by Gasteiger charge is -2.14. The molecule has 0 bridgehead atoms. The number of rotatable bonds is 5. The van der Waals surface area contributed by atoms with Crippen LogP contribution < -0.4 is 0 Å². The molecule has 0 N–H and O–H groups in total. The van der Waals surface area contributed by atoms with Crippen molar-refractivity contribution in [2.45, 2.75) is 10.9 Å². The van der Waals surface area contributed by atoms with Crippen LogP contribution in [0.5, 0.6) is 0 Å². The Hall–Kier alpha value is -0.450. The van der Waals surface area contributed by atoms with E-state index in [1.54, 1.807) is 11.8 Å². The molecule has 0 aliphatic heterocycles. The number of thioether (sulfide) groups is 1. The predicted molar refractivity (Wildman–Crippen MR) is 85.7 cm³/mol. The Labute approximate surface area is 126 Å². The topological polar surface area (TPSA) is 12.9 Å². The summed E-state index contributed by atoms with van der Waals surface area (Å²) in [6, 6.07) is 14.5. The van der Waals surface area contributed by atoms with E-state index >= 15 is 0 Å². The van der Waals surface area contributed by atoms with E-state index in [0.29, 0.717) is 5.92 Å². The van der Waals surface area contributed by atoms with Crippen LogP contribution in [0.25, 0.3) is 0 Å². The molecular weight excluding hydrogens is 326 g/mol. The second-order valence-corrected chi connectivity index (χ2v) is 6.12. The van der Waals surface area contributed by atoms with Crippen LogP contribution in [0.2, 0.25) is 0 Å². The maximum absolute atomic E-state index is 4.45. The summed E-state index contributed by atoms with van der Waals surface area (Å²) in [6.07, 6.45) is 1.82. The van der Waals surface area contributed by atoms with Crippen molar-refractivity contribution in [3.63, 3.8) is 0 Å². The number of benzene rings is 1. The number of thiol groups is 1. The van der Waals surface area contributed by atoms with E-state index in [9.17, 15) is 0 Å². The number of halogens is 1. The molecule has 0 radical (unpaired) electrons. The zero-order valence-electron chi connectivity index (χ0n) is 9.79. The van der Waals surface area contributed by atoms with Gasteiger partial charge in [-0.05, 0) is 39.4 Å². The van der Waals surface area contributed by atoms with Crippen LogP contribution in [0.15, 0.2) is 58.2 Å². The normalized spacial score (nSPS) is 12.3. The minimum Gasteiger partial charge on any atom is -0.249 e. The predicted octanol–water partition coefficient (Wildman–Crippen LogP) is 4.65. The van der Waals surface area contributed by atoms with Crippen molar-refractivity contribution in [1.29, 1.82) is 0 Å². The first-order valence-electron chi connectivity index (χ1n) is 5.70. The summed E-state index contributed by atoms with van der Waals surface area (Å²) in [6.45, 7) is 0. The van der Waals surface area contributed by atoms with Crippen molar-refractivity contribution in [2.24, 2.45) is 0 Å². The monoisotopic (exact) mass is 339 g/mol. The van der Waals surface area contributed by atoms with Crippen LogP contribution in [0.3, 0.4) is 0 Å². The van der Waals surface area contributed by atoms with Crippen LogP contribution in [0.1, 0.15) is 11.5 Å². The third-order valence-electron chi connectivity index (χ3n) is 2.64. The molecule has 0 aliphatic carbocycles. The summed E-state index contributed by atoms with van der Waals surface area (Å²) in [7, 11) is 0. The Morgan fingerprint density at radius 1 is 1.17 bits per heavy atom. The lowest BCUT2D eigenvalue weighted by atomic mass is 10.0. The summed E-state index contributed by atoms with van der Waals surface area (Å²) in [4.78, 5) is 4.37. The van der Waals surface area contributed by atoms with Crippen molar-refractivity contribution < 1.29 is 0 Å². The fourth-order valence-electron chi connectivity index (χ4n) is 1.64. The van der Waals surface area contributed by atoms with Gasteiger partial charge in [-0.3, -0.25) is 0 Å². The highest BCUT2D eigenvalue weighted by Crippen LogP contribution is 2.30. The van der Waals surface area contributed by atoms with Gasteiger partial charge in [0.15, 0.2) is 0 Å². The van der Waals surface area contributed by atoms with Crippen LogP contribution in [0, 0.1) is 0 Å². The molecule has 94 valence electrons. The molecule has 1 nitrogen and oxygen atoms in total. The number of pyridine rings is 1. The molecule has 0 aliphatic rings. The smallest absolute Gasteiger partial charge is 0.110 e. The van der Waals surface area contributed by atoms with Gasteiger partial charge in [0.1, 0.15) is 5.03 Å². The Morgan fingerprint density at radius 3 is 2.61 bits per heavy atom. The van der Waals surface area contributed by atoms with Crippen molar-refractivity contribution in [2.75, 3.05) is 11.5 Å². The van der Waals surface area contributed by atoms with Crippen molar-refractivity contribution >= 4 is 40.3 Å². The molecule has 0 saturated carbocycles. The molecule has 0 amide bonds. The first-order chi connectivity index (χ1) is 8.81. The van der Waals surface area contributed by atoms with Crippen molar-refractivity contribution in [3.05, 3.63) is 58.7 Å². The largest absolute Gasteiger partial charge is 0.249 e. The molecule has 1 atom stereocenters. The Balaban J connectivity index is 2.02.